The number of unbranched alkanes of at least 4 members (excludes halogenated alkanes) is 6. The summed E-state index contributed by atoms with van der Waals surface area (Å²) >= 11 is 0. The van der Waals surface area contributed by atoms with Gasteiger partial charge in [-0.25, -0.2) is 5.43 Å². The van der Waals surface area contributed by atoms with Crippen molar-refractivity contribution in [2.75, 3.05) is 0 Å². The van der Waals surface area contributed by atoms with Crippen molar-refractivity contribution >= 4 is 11.6 Å². The maximum atomic E-state index is 11.8. The first-order valence-electron chi connectivity index (χ1n) is 9.09. The van der Waals surface area contributed by atoms with Crippen LogP contribution in [0.4, 0.5) is 0 Å². The molecule has 1 aromatic rings. The van der Waals surface area contributed by atoms with Gasteiger partial charge in [0.1, 0.15) is 0 Å². The number of nitrogens with zero attached hydrogens (tertiary/aromatic N) is 1. The van der Waals surface area contributed by atoms with E-state index in [1.54, 1.807) is 0 Å². The number of nitrogens with one attached hydrogen (secondary N) is 1. The first kappa shape index (κ1) is 19.4. The van der Waals surface area contributed by atoms with E-state index in [-0.39, 0.29) is 5.91 Å². The van der Waals surface area contributed by atoms with Gasteiger partial charge in [-0.2, -0.15) is 5.10 Å². The number of carbonyl (C=O) groups is 1. The summed E-state index contributed by atoms with van der Waals surface area (Å²) in [4.78, 5) is 11.8. The van der Waals surface area contributed by atoms with Gasteiger partial charge in [-0.15, -0.1) is 0 Å². The molecule has 0 bridgehead atoms. The molecule has 0 aliphatic heterocycles. The molecule has 0 aromatic heterocycles. The predicted molar refractivity (Wildman–Crippen MR) is 98.8 cm³/mol. The monoisotopic (exact) mass is 316 g/mol. The van der Waals surface area contributed by atoms with Crippen LogP contribution in [0, 0.1) is 0 Å². The Labute approximate surface area is 141 Å². The first-order valence-corrected chi connectivity index (χ1v) is 9.09. The van der Waals surface area contributed by atoms with Gasteiger partial charge in [-0.05, 0) is 30.9 Å². The van der Waals surface area contributed by atoms with Crippen molar-refractivity contribution < 1.29 is 4.79 Å². The SMILES string of the molecule is CCCCCCCCCC(=O)NN=C(C)c1ccc(CC)cc1. The van der Waals surface area contributed by atoms with Gasteiger partial charge in [-0.3, -0.25) is 4.79 Å². The molecule has 23 heavy (non-hydrogen) atoms. The molecule has 0 spiro atoms. The summed E-state index contributed by atoms with van der Waals surface area (Å²) in [5.41, 5.74) is 5.88. The fraction of sp³-hybridized carbons (Fsp3) is 0.600. The maximum Gasteiger partial charge on any atom is 0.240 e. The molecule has 0 aliphatic rings. The van der Waals surface area contributed by atoms with Crippen LogP contribution in [-0.2, 0) is 11.2 Å². The van der Waals surface area contributed by atoms with E-state index in [2.05, 4.69) is 48.6 Å². The Hall–Kier alpha value is -1.64. The van der Waals surface area contributed by atoms with Crippen molar-refractivity contribution in [3.8, 4) is 0 Å². The molecule has 0 atom stereocenters. The van der Waals surface area contributed by atoms with Crippen LogP contribution in [0.15, 0.2) is 29.4 Å². The fourth-order valence-electron chi connectivity index (χ4n) is 2.49. The number of carbonyl (C=O) groups excluding carboxylic acids is 1. The Morgan fingerprint density at radius 3 is 2.17 bits per heavy atom. The van der Waals surface area contributed by atoms with Crippen LogP contribution < -0.4 is 5.43 Å². The van der Waals surface area contributed by atoms with Crippen molar-refractivity contribution in [1.82, 2.24) is 5.43 Å². The van der Waals surface area contributed by atoms with Gasteiger partial charge in [0, 0.05) is 6.42 Å². The summed E-state index contributed by atoms with van der Waals surface area (Å²) in [5.74, 6) is 0.0167. The van der Waals surface area contributed by atoms with Crippen LogP contribution in [0.5, 0.6) is 0 Å². The van der Waals surface area contributed by atoms with Crippen LogP contribution in [0.1, 0.15) is 83.3 Å². The summed E-state index contributed by atoms with van der Waals surface area (Å²) in [6.07, 6.45) is 10.2. The van der Waals surface area contributed by atoms with Crippen molar-refractivity contribution in [3.63, 3.8) is 0 Å². The number of hydrazone groups is 1. The summed E-state index contributed by atoms with van der Waals surface area (Å²) < 4.78 is 0. The molecular formula is C20H32N2O. The molecule has 1 N–H and O–H groups in total. The number of hydrogen-bond acceptors (Lipinski definition) is 2. The highest BCUT2D eigenvalue weighted by Crippen LogP contribution is 2.09. The molecule has 0 heterocycles. The summed E-state index contributed by atoms with van der Waals surface area (Å²) in [6, 6.07) is 8.32. The average Bonchev–Trinajstić information content (AvgIpc) is 2.59. The molecule has 3 heteroatoms. The lowest BCUT2D eigenvalue weighted by atomic mass is 10.1. The largest absolute Gasteiger partial charge is 0.273 e. The highest BCUT2D eigenvalue weighted by Gasteiger charge is 2.02. The number of hydrogen-bond donors (Lipinski definition) is 1. The molecule has 0 radical (unpaired) electrons. The van der Waals surface area contributed by atoms with E-state index in [1.807, 2.05) is 6.92 Å². The highest BCUT2D eigenvalue weighted by atomic mass is 16.2. The Bertz CT molecular complexity index is 477. The number of benzene rings is 1. The molecular weight excluding hydrogens is 284 g/mol. The van der Waals surface area contributed by atoms with E-state index in [4.69, 9.17) is 0 Å². The molecule has 1 amide bonds. The van der Waals surface area contributed by atoms with Crippen LogP contribution >= 0.6 is 0 Å². The normalized spacial score (nSPS) is 11.5. The lowest BCUT2D eigenvalue weighted by molar-refractivity contribution is -0.121. The van der Waals surface area contributed by atoms with Gasteiger partial charge in [0.2, 0.25) is 5.91 Å². The van der Waals surface area contributed by atoms with Crippen molar-refractivity contribution in [1.29, 1.82) is 0 Å². The lowest BCUT2D eigenvalue weighted by Gasteiger charge is -2.04. The Morgan fingerprint density at radius 2 is 1.57 bits per heavy atom. The van der Waals surface area contributed by atoms with Crippen LogP contribution in [0.25, 0.3) is 0 Å². The molecule has 0 unspecified atom stereocenters. The second-order valence-electron chi connectivity index (χ2n) is 6.15. The Morgan fingerprint density at radius 1 is 0.957 bits per heavy atom. The Balaban J connectivity index is 2.22. The standard InChI is InChI=1S/C20H32N2O/c1-4-6-7-8-9-10-11-12-20(23)22-21-17(3)19-15-13-18(5-2)14-16-19/h13-16H,4-12H2,1-3H3,(H,22,23). The first-order chi connectivity index (χ1) is 11.2. The third-order valence-electron chi connectivity index (χ3n) is 4.14. The van der Waals surface area contributed by atoms with Gasteiger partial charge >= 0.3 is 0 Å². The van der Waals surface area contributed by atoms with Gasteiger partial charge in [0.15, 0.2) is 0 Å². The summed E-state index contributed by atoms with van der Waals surface area (Å²) in [5, 5.41) is 4.21. The quantitative estimate of drug-likeness (QED) is 0.339. The van der Waals surface area contributed by atoms with Crippen molar-refractivity contribution in [2.45, 2.75) is 78.6 Å². The number of rotatable bonds is 11. The summed E-state index contributed by atoms with van der Waals surface area (Å²) in [7, 11) is 0. The van der Waals surface area contributed by atoms with E-state index in [9.17, 15) is 4.79 Å². The molecule has 3 nitrogen and oxygen atoms in total. The van der Waals surface area contributed by atoms with E-state index in [1.165, 1.54) is 37.7 Å². The zero-order chi connectivity index (χ0) is 16.9. The molecule has 0 fully saturated rings. The molecule has 1 rings (SSSR count). The van der Waals surface area contributed by atoms with E-state index >= 15 is 0 Å². The minimum Gasteiger partial charge on any atom is -0.273 e. The van der Waals surface area contributed by atoms with Crippen LogP contribution in [0.3, 0.4) is 0 Å². The Kier molecular flexibility index (Phi) is 10.0. The number of amides is 1. The van der Waals surface area contributed by atoms with E-state index in [0.29, 0.717) is 6.42 Å². The molecule has 0 aliphatic carbocycles. The maximum absolute atomic E-state index is 11.8. The highest BCUT2D eigenvalue weighted by molar-refractivity contribution is 5.99. The molecule has 0 saturated carbocycles. The average molecular weight is 316 g/mol. The second-order valence-corrected chi connectivity index (χ2v) is 6.15. The van der Waals surface area contributed by atoms with Crippen LogP contribution in [0.2, 0.25) is 0 Å². The summed E-state index contributed by atoms with van der Waals surface area (Å²) in [6.45, 7) is 6.29. The molecule has 0 saturated heterocycles. The minimum atomic E-state index is 0.0167. The fourth-order valence-corrected chi connectivity index (χ4v) is 2.49. The van der Waals surface area contributed by atoms with Crippen LogP contribution in [-0.4, -0.2) is 11.6 Å². The molecule has 128 valence electrons. The van der Waals surface area contributed by atoms with Crippen molar-refractivity contribution in [2.24, 2.45) is 5.10 Å². The lowest BCUT2D eigenvalue weighted by Crippen LogP contribution is -2.18. The third kappa shape index (κ3) is 8.53. The third-order valence-corrected chi connectivity index (χ3v) is 4.14. The number of aryl methyl sites for hydroxylation is 1. The van der Waals surface area contributed by atoms with E-state index in [0.717, 1.165) is 30.5 Å². The smallest absolute Gasteiger partial charge is 0.240 e. The van der Waals surface area contributed by atoms with Crippen molar-refractivity contribution in [3.05, 3.63) is 35.4 Å². The topological polar surface area (TPSA) is 41.5 Å². The zero-order valence-corrected chi connectivity index (χ0v) is 15.0. The second kappa shape index (κ2) is 11.9. The van der Waals surface area contributed by atoms with Gasteiger partial charge < -0.3 is 0 Å². The minimum absolute atomic E-state index is 0.0167. The zero-order valence-electron chi connectivity index (χ0n) is 15.0. The predicted octanol–water partition coefficient (Wildman–Crippen LogP) is 5.23. The van der Waals surface area contributed by atoms with Gasteiger partial charge in [-0.1, -0.05) is 76.6 Å². The van der Waals surface area contributed by atoms with Gasteiger partial charge in [0.05, 0.1) is 5.71 Å². The molecule has 1 aromatic carbocycles. The van der Waals surface area contributed by atoms with E-state index < -0.39 is 0 Å². The van der Waals surface area contributed by atoms with Gasteiger partial charge in [0.25, 0.3) is 0 Å².